The summed E-state index contributed by atoms with van der Waals surface area (Å²) in [5.74, 6) is 0.138. The van der Waals surface area contributed by atoms with Crippen LogP contribution in [-0.2, 0) is 0 Å². The molecule has 1 heterocycles. The number of ketones is 1. The smallest absolute Gasteiger partial charge is 0.169 e. The molecule has 0 aliphatic heterocycles. The van der Waals surface area contributed by atoms with Crippen molar-refractivity contribution in [3.8, 4) is 10.4 Å². The first-order valence-electron chi connectivity index (χ1n) is 4.84. The highest BCUT2D eigenvalue weighted by molar-refractivity contribution is 7.17. The fourth-order valence-corrected chi connectivity index (χ4v) is 2.38. The summed E-state index contributed by atoms with van der Waals surface area (Å²) < 4.78 is 0. The van der Waals surface area contributed by atoms with Crippen molar-refractivity contribution in [3.63, 3.8) is 0 Å². The summed E-state index contributed by atoms with van der Waals surface area (Å²) in [6, 6.07) is 12.2. The summed E-state index contributed by atoms with van der Waals surface area (Å²) in [7, 11) is 0. The maximum Gasteiger partial charge on any atom is 0.169 e. The van der Waals surface area contributed by atoms with Gasteiger partial charge in [0.25, 0.3) is 0 Å². The Balaban J connectivity index is 2.41. The number of thiophene rings is 1. The molecule has 0 bridgehead atoms. The summed E-state index contributed by atoms with van der Waals surface area (Å²) >= 11 is 1.55. The van der Waals surface area contributed by atoms with Crippen LogP contribution >= 0.6 is 11.3 Å². The van der Waals surface area contributed by atoms with Gasteiger partial charge in [0.15, 0.2) is 5.78 Å². The second-order valence-corrected chi connectivity index (χ2v) is 4.67. The van der Waals surface area contributed by atoms with Gasteiger partial charge in [-0.2, -0.15) is 0 Å². The SMILES string of the molecule is CC(=O)c1ccc(-c2cccc(C)c2)s1. The highest BCUT2D eigenvalue weighted by Crippen LogP contribution is 2.28. The average Bonchev–Trinajstić information content (AvgIpc) is 2.66. The standard InChI is InChI=1S/C13H12OS/c1-9-4-3-5-11(8-9)13-7-6-12(15-13)10(2)14/h3-8H,1-2H3. The van der Waals surface area contributed by atoms with Crippen LogP contribution in [0.4, 0.5) is 0 Å². The first-order chi connectivity index (χ1) is 7.16. The normalized spacial score (nSPS) is 10.3. The Morgan fingerprint density at radius 1 is 1.20 bits per heavy atom. The average molecular weight is 216 g/mol. The van der Waals surface area contributed by atoms with Crippen LogP contribution in [0.2, 0.25) is 0 Å². The zero-order valence-electron chi connectivity index (χ0n) is 8.78. The van der Waals surface area contributed by atoms with Crippen molar-refractivity contribution in [2.24, 2.45) is 0 Å². The highest BCUT2D eigenvalue weighted by Gasteiger charge is 2.05. The Morgan fingerprint density at radius 3 is 2.60 bits per heavy atom. The van der Waals surface area contributed by atoms with E-state index in [0.717, 1.165) is 9.75 Å². The third-order valence-electron chi connectivity index (χ3n) is 2.26. The fourth-order valence-electron chi connectivity index (χ4n) is 1.48. The molecule has 76 valence electrons. The molecule has 0 aliphatic rings. The molecule has 2 aromatic rings. The zero-order chi connectivity index (χ0) is 10.8. The quantitative estimate of drug-likeness (QED) is 0.695. The Morgan fingerprint density at radius 2 is 2.00 bits per heavy atom. The van der Waals surface area contributed by atoms with E-state index in [4.69, 9.17) is 0 Å². The second kappa shape index (κ2) is 3.99. The summed E-state index contributed by atoms with van der Waals surface area (Å²) in [6.07, 6.45) is 0. The molecule has 2 heteroatoms. The lowest BCUT2D eigenvalue weighted by atomic mass is 10.1. The van der Waals surface area contributed by atoms with Crippen molar-refractivity contribution in [1.82, 2.24) is 0 Å². The van der Waals surface area contributed by atoms with Crippen LogP contribution in [0.25, 0.3) is 10.4 Å². The van der Waals surface area contributed by atoms with Crippen molar-refractivity contribution in [3.05, 3.63) is 46.8 Å². The lowest BCUT2D eigenvalue weighted by molar-refractivity contribution is 0.102. The molecule has 0 fully saturated rings. The van der Waals surface area contributed by atoms with Gasteiger partial charge in [-0.15, -0.1) is 11.3 Å². The first kappa shape index (κ1) is 10.1. The van der Waals surface area contributed by atoms with Gasteiger partial charge in [0, 0.05) is 4.88 Å². The molecule has 2 rings (SSSR count). The largest absolute Gasteiger partial charge is 0.294 e. The molecule has 1 aromatic heterocycles. The van der Waals surface area contributed by atoms with E-state index in [1.165, 1.54) is 11.1 Å². The fraction of sp³-hybridized carbons (Fsp3) is 0.154. The molecular formula is C13H12OS. The van der Waals surface area contributed by atoms with E-state index in [-0.39, 0.29) is 5.78 Å². The molecule has 0 amide bonds. The summed E-state index contributed by atoms with van der Waals surface area (Å²) in [6.45, 7) is 3.68. The van der Waals surface area contributed by atoms with Crippen molar-refractivity contribution in [1.29, 1.82) is 0 Å². The predicted octanol–water partition coefficient (Wildman–Crippen LogP) is 3.93. The van der Waals surface area contributed by atoms with E-state index in [1.54, 1.807) is 18.3 Å². The van der Waals surface area contributed by atoms with Crippen LogP contribution in [0.3, 0.4) is 0 Å². The second-order valence-electron chi connectivity index (χ2n) is 3.59. The number of benzene rings is 1. The van der Waals surface area contributed by atoms with Crippen molar-refractivity contribution >= 4 is 17.1 Å². The number of aryl methyl sites for hydroxylation is 1. The topological polar surface area (TPSA) is 17.1 Å². The summed E-state index contributed by atoms with van der Waals surface area (Å²) in [5, 5.41) is 0. The highest BCUT2D eigenvalue weighted by atomic mass is 32.1. The van der Waals surface area contributed by atoms with Gasteiger partial charge < -0.3 is 0 Å². The summed E-state index contributed by atoms with van der Waals surface area (Å²) in [5.41, 5.74) is 2.43. The van der Waals surface area contributed by atoms with E-state index in [0.29, 0.717) is 0 Å². The molecule has 0 unspecified atom stereocenters. The van der Waals surface area contributed by atoms with Crippen LogP contribution in [0, 0.1) is 6.92 Å². The maximum atomic E-state index is 11.2. The number of hydrogen-bond acceptors (Lipinski definition) is 2. The molecule has 0 N–H and O–H groups in total. The van der Waals surface area contributed by atoms with Gasteiger partial charge in [-0.3, -0.25) is 4.79 Å². The minimum absolute atomic E-state index is 0.138. The predicted molar refractivity (Wildman–Crippen MR) is 64.5 cm³/mol. The first-order valence-corrected chi connectivity index (χ1v) is 5.66. The third-order valence-corrected chi connectivity index (χ3v) is 3.49. The minimum Gasteiger partial charge on any atom is -0.294 e. The van der Waals surface area contributed by atoms with Crippen LogP contribution in [0.1, 0.15) is 22.2 Å². The molecule has 15 heavy (non-hydrogen) atoms. The zero-order valence-corrected chi connectivity index (χ0v) is 9.60. The van der Waals surface area contributed by atoms with E-state index < -0.39 is 0 Å². The van der Waals surface area contributed by atoms with Gasteiger partial charge in [0.2, 0.25) is 0 Å². The maximum absolute atomic E-state index is 11.2. The van der Waals surface area contributed by atoms with Gasteiger partial charge in [-0.05, 0) is 31.5 Å². The van der Waals surface area contributed by atoms with Gasteiger partial charge in [-0.25, -0.2) is 0 Å². The van der Waals surface area contributed by atoms with Crippen LogP contribution in [0.5, 0.6) is 0 Å². The summed E-state index contributed by atoms with van der Waals surface area (Å²) in [4.78, 5) is 13.1. The van der Waals surface area contributed by atoms with Crippen molar-refractivity contribution in [2.75, 3.05) is 0 Å². The van der Waals surface area contributed by atoms with E-state index >= 15 is 0 Å². The van der Waals surface area contributed by atoms with Crippen LogP contribution in [0.15, 0.2) is 36.4 Å². The molecule has 0 aliphatic carbocycles. The number of Topliss-reactive ketones (excluding diaryl/α,β-unsaturated/α-hetero) is 1. The molecule has 1 aromatic carbocycles. The Bertz CT molecular complexity index is 497. The number of carbonyl (C=O) groups excluding carboxylic acids is 1. The van der Waals surface area contributed by atoms with Gasteiger partial charge in [0.1, 0.15) is 0 Å². The lowest BCUT2D eigenvalue weighted by Gasteiger charge is -1.98. The molecule has 0 saturated heterocycles. The Labute approximate surface area is 93.4 Å². The van der Waals surface area contributed by atoms with E-state index in [9.17, 15) is 4.79 Å². The number of hydrogen-bond donors (Lipinski definition) is 0. The van der Waals surface area contributed by atoms with Gasteiger partial charge in [-0.1, -0.05) is 29.8 Å². The molecule has 0 atom stereocenters. The molecular weight excluding hydrogens is 204 g/mol. The Kier molecular flexibility index (Phi) is 2.69. The minimum atomic E-state index is 0.138. The van der Waals surface area contributed by atoms with E-state index in [2.05, 4.69) is 25.1 Å². The molecule has 0 saturated carbocycles. The third kappa shape index (κ3) is 2.16. The van der Waals surface area contributed by atoms with Crippen molar-refractivity contribution < 1.29 is 4.79 Å². The van der Waals surface area contributed by atoms with E-state index in [1.807, 2.05) is 18.2 Å². The molecule has 0 radical (unpaired) electrons. The van der Waals surface area contributed by atoms with Gasteiger partial charge >= 0.3 is 0 Å². The molecule has 1 nitrogen and oxygen atoms in total. The molecule has 0 spiro atoms. The van der Waals surface area contributed by atoms with Crippen molar-refractivity contribution in [2.45, 2.75) is 13.8 Å². The number of rotatable bonds is 2. The van der Waals surface area contributed by atoms with Crippen LogP contribution < -0.4 is 0 Å². The number of carbonyl (C=O) groups is 1. The monoisotopic (exact) mass is 216 g/mol. The van der Waals surface area contributed by atoms with Gasteiger partial charge in [0.05, 0.1) is 4.88 Å². The lowest BCUT2D eigenvalue weighted by Crippen LogP contribution is -1.83. The Hall–Kier alpha value is -1.41. The van der Waals surface area contributed by atoms with Crippen LogP contribution in [-0.4, -0.2) is 5.78 Å².